The van der Waals surface area contributed by atoms with Crippen molar-refractivity contribution in [1.82, 2.24) is 10.2 Å². The van der Waals surface area contributed by atoms with Gasteiger partial charge in [-0.15, -0.1) is 0 Å². The van der Waals surface area contributed by atoms with Gasteiger partial charge in [0.05, 0.1) is 22.0 Å². The molecule has 0 bridgehead atoms. The predicted molar refractivity (Wildman–Crippen MR) is 152 cm³/mol. The molecule has 2 aromatic rings. The van der Waals surface area contributed by atoms with Gasteiger partial charge in [-0.25, -0.2) is 8.42 Å². The number of anilines is 1. The highest BCUT2D eigenvalue weighted by Crippen LogP contribution is 2.25. The number of aryl methyl sites for hydroxylation is 1. The van der Waals surface area contributed by atoms with Gasteiger partial charge < -0.3 is 10.2 Å². The number of benzene rings is 2. The molecule has 7 nitrogen and oxygen atoms in total. The van der Waals surface area contributed by atoms with Crippen LogP contribution in [0.3, 0.4) is 0 Å². The van der Waals surface area contributed by atoms with E-state index in [-0.39, 0.29) is 37.2 Å². The minimum Gasteiger partial charge on any atom is -0.354 e. The van der Waals surface area contributed by atoms with Crippen molar-refractivity contribution in [2.75, 3.05) is 23.7 Å². The van der Waals surface area contributed by atoms with Crippen LogP contribution in [0.25, 0.3) is 0 Å². The summed E-state index contributed by atoms with van der Waals surface area (Å²) >= 11 is 12.2. The minimum atomic E-state index is -3.54. The summed E-state index contributed by atoms with van der Waals surface area (Å²) in [4.78, 5) is 28.0. The quantitative estimate of drug-likeness (QED) is 0.348. The molecule has 37 heavy (non-hydrogen) atoms. The average Bonchev–Trinajstić information content (AvgIpc) is 2.82. The Balaban J connectivity index is 2.23. The number of nitrogens with zero attached hydrogens (tertiary/aromatic N) is 2. The summed E-state index contributed by atoms with van der Waals surface area (Å²) < 4.78 is 26.2. The summed E-state index contributed by atoms with van der Waals surface area (Å²) in [5, 5.41) is 3.70. The van der Waals surface area contributed by atoms with Crippen molar-refractivity contribution in [3.63, 3.8) is 0 Å². The Morgan fingerprint density at radius 1 is 1.03 bits per heavy atom. The van der Waals surface area contributed by atoms with Crippen LogP contribution in [0.2, 0.25) is 10.0 Å². The number of carbonyl (C=O) groups is 2. The molecule has 0 spiro atoms. The van der Waals surface area contributed by atoms with E-state index in [0.717, 1.165) is 17.4 Å². The second-order valence-corrected chi connectivity index (χ2v) is 12.3. The molecule has 1 N–H and O–H groups in total. The number of hydrogen-bond donors (Lipinski definition) is 1. The van der Waals surface area contributed by atoms with E-state index in [1.165, 1.54) is 4.31 Å². The molecule has 0 saturated heterocycles. The zero-order valence-electron chi connectivity index (χ0n) is 22.1. The molecule has 1 atom stereocenters. The van der Waals surface area contributed by atoms with E-state index in [1.807, 2.05) is 39.8 Å². The van der Waals surface area contributed by atoms with Crippen LogP contribution in [-0.4, -0.2) is 50.5 Å². The van der Waals surface area contributed by atoms with Crippen LogP contribution in [0.5, 0.6) is 0 Å². The van der Waals surface area contributed by atoms with Crippen molar-refractivity contribution in [2.24, 2.45) is 5.92 Å². The molecule has 0 heterocycles. The van der Waals surface area contributed by atoms with Gasteiger partial charge in [0, 0.05) is 26.1 Å². The standard InChI is InChI=1S/C27H37Cl2N3O4S/c1-6-25(27(34)30-17-19(2)3)31(18-21-11-14-23(28)24(29)16-21)26(33)8-7-15-32(37(5,35)36)22-12-9-20(4)10-13-22/h9-14,16,19,25H,6-8,15,17-18H2,1-5H3,(H,30,34). The van der Waals surface area contributed by atoms with Crippen molar-refractivity contribution in [1.29, 1.82) is 0 Å². The summed E-state index contributed by atoms with van der Waals surface area (Å²) in [6.45, 7) is 8.61. The lowest BCUT2D eigenvalue weighted by Gasteiger charge is -2.31. The van der Waals surface area contributed by atoms with E-state index in [9.17, 15) is 18.0 Å². The van der Waals surface area contributed by atoms with Crippen LogP contribution >= 0.6 is 23.2 Å². The Morgan fingerprint density at radius 2 is 1.68 bits per heavy atom. The topological polar surface area (TPSA) is 86.8 Å². The molecule has 0 aliphatic heterocycles. The summed E-state index contributed by atoms with van der Waals surface area (Å²) in [6.07, 6.45) is 1.95. The number of amides is 2. The Bertz CT molecular complexity index is 1170. The molecule has 0 fully saturated rings. The maximum atomic E-state index is 13.5. The smallest absolute Gasteiger partial charge is 0.242 e. The third-order valence-corrected chi connectivity index (χ3v) is 7.81. The molecule has 0 aromatic heterocycles. The first-order chi connectivity index (χ1) is 17.3. The Kier molecular flexibility index (Phi) is 11.7. The summed E-state index contributed by atoms with van der Waals surface area (Å²) in [7, 11) is -3.54. The first-order valence-corrected chi connectivity index (χ1v) is 15.0. The third kappa shape index (κ3) is 9.51. The first-order valence-electron chi connectivity index (χ1n) is 12.4. The van der Waals surface area contributed by atoms with Gasteiger partial charge in [-0.2, -0.15) is 0 Å². The van der Waals surface area contributed by atoms with Crippen LogP contribution in [0, 0.1) is 12.8 Å². The van der Waals surface area contributed by atoms with E-state index in [2.05, 4.69) is 5.32 Å². The fraction of sp³-hybridized carbons (Fsp3) is 0.481. The number of carbonyl (C=O) groups excluding carboxylic acids is 2. The number of halogens is 2. The average molecular weight is 571 g/mol. The molecule has 2 aromatic carbocycles. The number of hydrogen-bond acceptors (Lipinski definition) is 4. The molecule has 0 saturated carbocycles. The number of nitrogens with one attached hydrogen (secondary N) is 1. The second kappa shape index (κ2) is 14.0. The fourth-order valence-corrected chi connectivity index (χ4v) is 5.18. The van der Waals surface area contributed by atoms with Crippen molar-refractivity contribution in [3.05, 3.63) is 63.6 Å². The highest BCUT2D eigenvalue weighted by Gasteiger charge is 2.29. The fourth-order valence-electron chi connectivity index (χ4n) is 3.89. The van der Waals surface area contributed by atoms with E-state index in [1.54, 1.807) is 35.2 Å². The predicted octanol–water partition coefficient (Wildman–Crippen LogP) is 5.43. The molecular weight excluding hydrogens is 533 g/mol. The lowest BCUT2D eigenvalue weighted by molar-refractivity contribution is -0.141. The monoisotopic (exact) mass is 569 g/mol. The molecule has 0 aliphatic carbocycles. The molecule has 1 unspecified atom stereocenters. The van der Waals surface area contributed by atoms with E-state index < -0.39 is 16.1 Å². The van der Waals surface area contributed by atoms with Gasteiger partial charge in [0.1, 0.15) is 6.04 Å². The third-order valence-electron chi connectivity index (χ3n) is 5.88. The Hall–Kier alpha value is -2.29. The molecule has 2 rings (SSSR count). The lowest BCUT2D eigenvalue weighted by Crippen LogP contribution is -2.49. The van der Waals surface area contributed by atoms with Crippen LogP contribution in [0.15, 0.2) is 42.5 Å². The first kappa shape index (κ1) is 30.9. The maximum Gasteiger partial charge on any atom is 0.242 e. The van der Waals surface area contributed by atoms with Gasteiger partial charge >= 0.3 is 0 Å². The highest BCUT2D eigenvalue weighted by atomic mass is 35.5. The Labute approximate surface area is 231 Å². The van der Waals surface area contributed by atoms with Crippen LogP contribution in [0.1, 0.15) is 51.2 Å². The largest absolute Gasteiger partial charge is 0.354 e. The molecule has 0 aliphatic rings. The Morgan fingerprint density at radius 3 is 2.22 bits per heavy atom. The number of rotatable bonds is 13. The van der Waals surface area contributed by atoms with E-state index >= 15 is 0 Å². The van der Waals surface area contributed by atoms with Crippen molar-refractivity contribution in [2.45, 2.75) is 59.5 Å². The van der Waals surface area contributed by atoms with Gasteiger partial charge in [0.15, 0.2) is 0 Å². The molecule has 204 valence electrons. The van der Waals surface area contributed by atoms with Crippen molar-refractivity contribution in [3.8, 4) is 0 Å². The molecule has 2 amide bonds. The SMILES string of the molecule is CCC(C(=O)NCC(C)C)N(Cc1ccc(Cl)c(Cl)c1)C(=O)CCCN(c1ccc(C)cc1)S(C)(=O)=O. The van der Waals surface area contributed by atoms with Gasteiger partial charge in [-0.1, -0.05) is 67.7 Å². The van der Waals surface area contributed by atoms with Crippen molar-refractivity contribution >= 4 is 50.7 Å². The molecule has 0 radical (unpaired) electrons. The second-order valence-electron chi connectivity index (χ2n) is 9.61. The minimum absolute atomic E-state index is 0.0766. The summed E-state index contributed by atoms with van der Waals surface area (Å²) in [5.74, 6) is -0.193. The van der Waals surface area contributed by atoms with Gasteiger partial charge in [-0.05, 0) is 55.5 Å². The lowest BCUT2D eigenvalue weighted by atomic mass is 10.1. The van der Waals surface area contributed by atoms with Crippen LogP contribution < -0.4 is 9.62 Å². The van der Waals surface area contributed by atoms with Gasteiger partial charge in [0.25, 0.3) is 0 Å². The summed E-state index contributed by atoms with van der Waals surface area (Å²) in [5.41, 5.74) is 2.31. The van der Waals surface area contributed by atoms with E-state index in [4.69, 9.17) is 23.2 Å². The van der Waals surface area contributed by atoms with E-state index in [0.29, 0.717) is 35.1 Å². The van der Waals surface area contributed by atoms with Crippen LogP contribution in [-0.2, 0) is 26.2 Å². The normalized spacial score (nSPS) is 12.3. The zero-order chi connectivity index (χ0) is 27.8. The van der Waals surface area contributed by atoms with Gasteiger partial charge in [-0.3, -0.25) is 13.9 Å². The molecular formula is C27H37Cl2N3O4S. The maximum absolute atomic E-state index is 13.5. The van der Waals surface area contributed by atoms with Gasteiger partial charge in [0.2, 0.25) is 21.8 Å². The molecule has 10 heteroatoms. The zero-order valence-corrected chi connectivity index (χ0v) is 24.5. The highest BCUT2D eigenvalue weighted by molar-refractivity contribution is 7.92. The van der Waals surface area contributed by atoms with Crippen molar-refractivity contribution < 1.29 is 18.0 Å². The van der Waals surface area contributed by atoms with Crippen LogP contribution in [0.4, 0.5) is 5.69 Å². The summed E-state index contributed by atoms with van der Waals surface area (Å²) in [6, 6.07) is 11.6. The number of sulfonamides is 1.